The second kappa shape index (κ2) is 11.3. The van der Waals surface area contributed by atoms with Crippen LogP contribution in [-0.4, -0.2) is 53.0 Å². The van der Waals surface area contributed by atoms with Crippen LogP contribution in [0.3, 0.4) is 0 Å². The van der Waals surface area contributed by atoms with Crippen LogP contribution in [0, 0.1) is 5.82 Å². The molecular weight excluding hydrogens is 628 g/mol. The van der Waals surface area contributed by atoms with E-state index in [0.29, 0.717) is 36.3 Å². The van der Waals surface area contributed by atoms with E-state index in [1.165, 1.54) is 24.1 Å². The molecule has 3 aromatic rings. The van der Waals surface area contributed by atoms with Crippen LogP contribution in [0.5, 0.6) is 5.75 Å². The molecular formula is C29H25Cl2F3N4O4S. The van der Waals surface area contributed by atoms with Gasteiger partial charge in [0.1, 0.15) is 22.8 Å². The fourth-order valence-corrected chi connectivity index (χ4v) is 6.84. The molecule has 2 aliphatic heterocycles. The zero-order valence-corrected chi connectivity index (χ0v) is 25.1. The van der Waals surface area contributed by atoms with E-state index in [2.05, 4.69) is 0 Å². The number of aromatic nitrogens is 1. The highest BCUT2D eigenvalue weighted by Gasteiger charge is 2.39. The maximum absolute atomic E-state index is 14.6. The Kier molecular flexibility index (Phi) is 7.80. The Balaban J connectivity index is 1.34. The average molecular weight is 654 g/mol. The molecule has 2 fully saturated rings. The monoisotopic (exact) mass is 652 g/mol. The summed E-state index contributed by atoms with van der Waals surface area (Å²) in [7, 11) is 1.50. The molecule has 1 aliphatic carbocycles. The van der Waals surface area contributed by atoms with E-state index in [1.807, 2.05) is 16.0 Å². The number of aromatic amines is 1. The fourth-order valence-electron chi connectivity index (χ4n) is 5.45. The van der Waals surface area contributed by atoms with Gasteiger partial charge in [-0.2, -0.15) is 8.78 Å². The van der Waals surface area contributed by atoms with Crippen molar-refractivity contribution in [3.8, 4) is 5.75 Å². The van der Waals surface area contributed by atoms with Crippen LogP contribution in [0.1, 0.15) is 46.4 Å². The highest BCUT2D eigenvalue weighted by Crippen LogP contribution is 2.42. The van der Waals surface area contributed by atoms with Gasteiger partial charge in [-0.25, -0.2) is 9.18 Å². The van der Waals surface area contributed by atoms with E-state index in [1.54, 1.807) is 11.0 Å². The summed E-state index contributed by atoms with van der Waals surface area (Å²) >= 11 is 11.9. The van der Waals surface area contributed by atoms with Crippen molar-refractivity contribution in [3.63, 3.8) is 0 Å². The van der Waals surface area contributed by atoms with Crippen molar-refractivity contribution < 1.29 is 27.5 Å². The molecule has 0 spiro atoms. The Morgan fingerprint density at radius 3 is 2.49 bits per heavy atom. The Morgan fingerprint density at radius 2 is 1.84 bits per heavy atom. The normalized spacial score (nSPS) is 17.0. The minimum Gasteiger partial charge on any atom is -0.495 e. The highest BCUT2D eigenvalue weighted by atomic mass is 35.5. The Labute approximate surface area is 258 Å². The second-order valence-electron chi connectivity index (χ2n) is 10.6. The van der Waals surface area contributed by atoms with E-state index < -0.39 is 33.9 Å². The number of benzene rings is 2. The van der Waals surface area contributed by atoms with Crippen LogP contribution in [0.25, 0.3) is 0 Å². The summed E-state index contributed by atoms with van der Waals surface area (Å²) in [6.45, 7) is 1.39. The van der Waals surface area contributed by atoms with E-state index in [4.69, 9.17) is 27.9 Å². The van der Waals surface area contributed by atoms with Gasteiger partial charge in [0, 0.05) is 37.1 Å². The van der Waals surface area contributed by atoms with Crippen molar-refractivity contribution in [2.75, 3.05) is 25.1 Å². The number of nitrogens with zero attached hydrogens (tertiary/aromatic N) is 3. The van der Waals surface area contributed by atoms with Gasteiger partial charge in [0.25, 0.3) is 11.5 Å². The summed E-state index contributed by atoms with van der Waals surface area (Å²) in [5, 5.41) is -3.98. The molecule has 1 N–H and O–H groups in total. The number of hydrogen-bond donors (Lipinski definition) is 1. The fraction of sp³-hybridized carbons (Fsp3) is 0.345. The average Bonchev–Trinajstić information content (AvgIpc) is 3.71. The van der Waals surface area contributed by atoms with Crippen molar-refractivity contribution in [2.24, 2.45) is 0 Å². The molecule has 1 aromatic heterocycles. The first kappa shape index (κ1) is 29.7. The van der Waals surface area contributed by atoms with E-state index in [9.17, 15) is 27.6 Å². The lowest BCUT2D eigenvalue weighted by atomic mass is 10.1. The minimum absolute atomic E-state index is 0.0245. The second-order valence-corrected chi connectivity index (χ2v) is 12.5. The molecule has 43 heavy (non-hydrogen) atoms. The number of halogens is 5. The summed E-state index contributed by atoms with van der Waals surface area (Å²) < 4.78 is 48.3. The third-order valence-corrected chi connectivity index (χ3v) is 9.49. The molecule has 3 aliphatic rings. The molecule has 0 atom stereocenters. The van der Waals surface area contributed by atoms with Crippen molar-refractivity contribution in [3.05, 3.63) is 80.0 Å². The predicted molar refractivity (Wildman–Crippen MR) is 156 cm³/mol. The molecule has 6 rings (SSSR count). The minimum atomic E-state index is -3.95. The van der Waals surface area contributed by atoms with Crippen LogP contribution in [0.2, 0.25) is 5.02 Å². The van der Waals surface area contributed by atoms with Gasteiger partial charge in [0.2, 0.25) is 0 Å². The Bertz CT molecular complexity index is 1680. The van der Waals surface area contributed by atoms with Crippen LogP contribution in [-0.2, 0) is 18.5 Å². The van der Waals surface area contributed by atoms with E-state index in [0.717, 1.165) is 42.5 Å². The topological polar surface area (TPSA) is 85.9 Å². The molecule has 1 saturated carbocycles. The summed E-state index contributed by atoms with van der Waals surface area (Å²) in [6, 6.07) is 8.49. The van der Waals surface area contributed by atoms with Crippen molar-refractivity contribution in [1.29, 1.82) is 0 Å². The summed E-state index contributed by atoms with van der Waals surface area (Å²) in [4.78, 5) is 46.8. The van der Waals surface area contributed by atoms with Gasteiger partial charge in [-0.1, -0.05) is 29.4 Å². The number of H-pyrrole nitrogens is 1. The number of nitrogens with one attached hydrogen (secondary N) is 1. The Hall–Kier alpha value is -3.35. The number of carbonyl (C=O) groups excluding carboxylic acids is 2. The summed E-state index contributed by atoms with van der Waals surface area (Å²) in [5.74, 6) is -1.04. The SMILES string of the molecule is COc1cc2c(cc1N1CCCN(C3CC3)C1=O)CN(C(=O)c1c(Sc3c(F)cccc3Cl)cc(C(F)(F)Cl)[nH]c1=O)C2. The molecule has 14 heteroatoms. The smallest absolute Gasteiger partial charge is 0.362 e. The first-order valence-corrected chi connectivity index (χ1v) is 15.1. The van der Waals surface area contributed by atoms with Gasteiger partial charge in [0.15, 0.2) is 0 Å². The molecule has 0 radical (unpaired) electrons. The van der Waals surface area contributed by atoms with Gasteiger partial charge < -0.3 is 19.5 Å². The molecule has 0 unspecified atom stereocenters. The third kappa shape index (κ3) is 5.67. The molecule has 0 bridgehead atoms. The maximum atomic E-state index is 14.6. The van der Waals surface area contributed by atoms with Gasteiger partial charge in [0.05, 0.1) is 22.7 Å². The maximum Gasteiger partial charge on any atom is 0.362 e. The predicted octanol–water partition coefficient (Wildman–Crippen LogP) is 6.57. The van der Waals surface area contributed by atoms with E-state index in [-0.39, 0.29) is 40.0 Å². The first-order chi connectivity index (χ1) is 20.5. The van der Waals surface area contributed by atoms with Gasteiger partial charge in [-0.05, 0) is 72.3 Å². The number of pyridine rings is 1. The number of hydrogen-bond acceptors (Lipinski definition) is 5. The largest absolute Gasteiger partial charge is 0.495 e. The van der Waals surface area contributed by atoms with Crippen LogP contribution >= 0.6 is 35.0 Å². The van der Waals surface area contributed by atoms with Crippen molar-refractivity contribution in [1.82, 2.24) is 14.8 Å². The van der Waals surface area contributed by atoms with E-state index >= 15 is 0 Å². The molecule has 3 heterocycles. The summed E-state index contributed by atoms with van der Waals surface area (Å²) in [6.07, 6.45) is 2.79. The number of anilines is 1. The van der Waals surface area contributed by atoms with Gasteiger partial charge in [-0.3, -0.25) is 14.5 Å². The van der Waals surface area contributed by atoms with Crippen LogP contribution in [0.4, 0.5) is 23.7 Å². The lowest BCUT2D eigenvalue weighted by molar-refractivity contribution is 0.0740. The lowest BCUT2D eigenvalue weighted by Gasteiger charge is -2.36. The quantitative estimate of drug-likeness (QED) is 0.292. The van der Waals surface area contributed by atoms with Gasteiger partial charge in [-0.15, -0.1) is 0 Å². The number of ether oxygens (including phenoxy) is 1. The number of carbonyl (C=O) groups is 2. The van der Waals surface area contributed by atoms with Crippen LogP contribution in [0.15, 0.2) is 51.0 Å². The summed E-state index contributed by atoms with van der Waals surface area (Å²) in [5.41, 5.74) is -0.443. The first-order valence-electron chi connectivity index (χ1n) is 13.5. The van der Waals surface area contributed by atoms with Crippen molar-refractivity contribution >= 4 is 52.6 Å². The Morgan fingerprint density at radius 1 is 1.12 bits per heavy atom. The zero-order valence-electron chi connectivity index (χ0n) is 22.8. The number of amides is 3. The third-order valence-electron chi connectivity index (χ3n) is 7.69. The molecule has 1 saturated heterocycles. The highest BCUT2D eigenvalue weighted by molar-refractivity contribution is 7.99. The number of rotatable bonds is 7. The molecule has 3 amide bonds. The van der Waals surface area contributed by atoms with Crippen LogP contribution < -0.4 is 15.2 Å². The molecule has 2 aromatic carbocycles. The number of urea groups is 1. The number of alkyl halides is 3. The molecule has 226 valence electrons. The van der Waals surface area contributed by atoms with Crippen molar-refractivity contribution in [2.45, 2.75) is 53.6 Å². The number of methoxy groups -OCH3 is 1. The number of fused-ring (bicyclic) bond motifs is 1. The van der Waals surface area contributed by atoms with Gasteiger partial charge >= 0.3 is 11.4 Å². The standard InChI is InChI=1S/C29H25Cl2F3N4O4S/c1-42-21-11-16-14-36(13-15(16)10-20(21)38-9-3-8-37(28(38)41)17-6-7-17)27(40)24-22(12-23(29(31,33)34)35-26(24)39)43-25-18(30)4-2-5-19(25)32/h2,4-5,10-12,17H,3,6-9,13-14H2,1H3,(H,35,39). The zero-order chi connectivity index (χ0) is 30.6. The molecule has 8 nitrogen and oxygen atoms in total. The lowest BCUT2D eigenvalue weighted by Crippen LogP contribution is -2.50.